The highest BCUT2D eigenvalue weighted by molar-refractivity contribution is 5.66. The van der Waals surface area contributed by atoms with Gasteiger partial charge >= 0.3 is 5.97 Å². The van der Waals surface area contributed by atoms with E-state index in [0.717, 1.165) is 19.3 Å². The van der Waals surface area contributed by atoms with Crippen molar-refractivity contribution < 1.29 is 19.7 Å². The van der Waals surface area contributed by atoms with Gasteiger partial charge in [-0.05, 0) is 69.3 Å². The summed E-state index contributed by atoms with van der Waals surface area (Å²) in [5.74, 6) is -0.0820. The Hall–Kier alpha value is -1.13. The molecule has 1 fully saturated rings. The third kappa shape index (κ3) is 4.77. The fraction of sp³-hybridized carbons (Fsp3) is 0.773. The predicted octanol–water partition coefficient (Wildman–Crippen LogP) is 4.01. The number of carbonyl (C=O) groups excluding carboxylic acids is 1. The number of hydrogen-bond donors (Lipinski definition) is 2. The first-order valence-corrected chi connectivity index (χ1v) is 9.83. The molecule has 1 saturated carbocycles. The molecule has 6 atom stereocenters. The Morgan fingerprint density at radius 3 is 2.50 bits per heavy atom. The highest BCUT2D eigenvalue weighted by Crippen LogP contribution is 2.54. The van der Waals surface area contributed by atoms with Gasteiger partial charge in [-0.25, -0.2) is 0 Å². The third-order valence-corrected chi connectivity index (χ3v) is 6.29. The summed E-state index contributed by atoms with van der Waals surface area (Å²) in [7, 11) is 0. The molecule has 2 rings (SSSR count). The number of allylic oxidation sites excluding steroid dienone is 3. The van der Waals surface area contributed by atoms with Gasteiger partial charge in [-0.2, -0.15) is 0 Å². The normalized spacial score (nSPS) is 43.8. The van der Waals surface area contributed by atoms with Crippen LogP contribution in [0.15, 0.2) is 24.3 Å². The van der Waals surface area contributed by atoms with Gasteiger partial charge in [0.15, 0.2) is 0 Å². The lowest BCUT2D eigenvalue weighted by molar-refractivity contribution is -0.155. The predicted molar refractivity (Wildman–Crippen MR) is 103 cm³/mol. The minimum atomic E-state index is -0.864. The van der Waals surface area contributed by atoms with Gasteiger partial charge in [0.2, 0.25) is 0 Å². The zero-order chi connectivity index (χ0) is 19.8. The molecule has 4 heteroatoms. The number of fused-ring (bicyclic) bond motifs is 1. The van der Waals surface area contributed by atoms with Gasteiger partial charge in [0.25, 0.3) is 0 Å². The summed E-state index contributed by atoms with van der Waals surface area (Å²) in [5, 5.41) is 22.0. The van der Waals surface area contributed by atoms with Crippen molar-refractivity contribution in [1.82, 2.24) is 0 Å². The summed E-state index contributed by atoms with van der Waals surface area (Å²) in [6.45, 7) is 11.3. The topological polar surface area (TPSA) is 66.8 Å². The van der Waals surface area contributed by atoms with E-state index < -0.39 is 17.3 Å². The molecule has 0 bridgehead atoms. The molecular weight excluding hydrogens is 328 g/mol. The van der Waals surface area contributed by atoms with E-state index in [2.05, 4.69) is 26.0 Å². The van der Waals surface area contributed by atoms with Crippen molar-refractivity contribution >= 4 is 5.97 Å². The fourth-order valence-electron chi connectivity index (χ4n) is 4.98. The molecule has 0 saturated heterocycles. The Morgan fingerprint density at radius 1 is 1.27 bits per heavy atom. The number of aliphatic hydroxyl groups excluding tert-OH is 1. The number of ether oxygens (including phenoxy) is 1. The van der Waals surface area contributed by atoms with E-state index in [0.29, 0.717) is 12.3 Å². The van der Waals surface area contributed by atoms with Crippen LogP contribution in [0.3, 0.4) is 0 Å². The first-order valence-electron chi connectivity index (χ1n) is 9.83. The maximum atomic E-state index is 11.6. The second-order valence-corrected chi connectivity index (χ2v) is 9.48. The highest BCUT2D eigenvalue weighted by atomic mass is 16.6. The number of aliphatic hydroxyl groups is 2. The minimum absolute atomic E-state index is 0.00577. The van der Waals surface area contributed by atoms with Crippen molar-refractivity contribution in [3.63, 3.8) is 0 Å². The zero-order valence-electron chi connectivity index (χ0n) is 17.2. The van der Waals surface area contributed by atoms with Crippen LogP contribution in [0.5, 0.6) is 0 Å². The van der Waals surface area contributed by atoms with Crippen LogP contribution < -0.4 is 0 Å². The van der Waals surface area contributed by atoms with E-state index in [-0.39, 0.29) is 23.2 Å². The molecule has 2 aliphatic rings. The van der Waals surface area contributed by atoms with Gasteiger partial charge in [0, 0.05) is 13.3 Å². The standard InChI is InChI=1S/C22H36O4/c1-15-8-7-11-22(6,26-16(2)23)14-18(24)19-17(20(3,4)25)10-13-21(19,5)12-9-15/h7,9,11-12,15,17-19,24-25H,8,10,13-14H2,1-6H3/b11-7+,12-9+/t15-,17-,18+,19-,21+,22-/m1/s1. The summed E-state index contributed by atoms with van der Waals surface area (Å²) in [5.41, 5.74) is -1.89. The van der Waals surface area contributed by atoms with Crippen molar-refractivity contribution in [2.75, 3.05) is 0 Å². The Labute approximate surface area is 158 Å². The SMILES string of the molecule is CC(=O)O[C@]1(C)/C=C/C[C@@H](C)/C=C/[C@@]2(C)CC[C@@H](C(C)(C)O)[C@@H]2[C@@H](O)C1. The van der Waals surface area contributed by atoms with Gasteiger partial charge < -0.3 is 14.9 Å². The lowest BCUT2D eigenvalue weighted by Crippen LogP contribution is -2.46. The minimum Gasteiger partial charge on any atom is -0.455 e. The number of rotatable bonds is 2. The molecule has 0 spiro atoms. The molecule has 4 nitrogen and oxygen atoms in total. The fourth-order valence-corrected chi connectivity index (χ4v) is 4.98. The third-order valence-electron chi connectivity index (χ3n) is 6.29. The van der Waals surface area contributed by atoms with Gasteiger partial charge in [-0.3, -0.25) is 4.79 Å². The van der Waals surface area contributed by atoms with Crippen LogP contribution in [0.1, 0.15) is 67.2 Å². The lowest BCUT2D eigenvalue weighted by Gasteiger charge is -2.42. The van der Waals surface area contributed by atoms with Crippen LogP contribution in [0.2, 0.25) is 0 Å². The molecule has 0 aliphatic heterocycles. The summed E-state index contributed by atoms with van der Waals surface area (Å²) >= 11 is 0. The number of carbonyl (C=O) groups is 1. The van der Waals surface area contributed by atoms with Gasteiger partial charge in [0.1, 0.15) is 5.60 Å². The first kappa shape index (κ1) is 21.2. The van der Waals surface area contributed by atoms with Crippen LogP contribution in [-0.2, 0) is 9.53 Å². The molecule has 26 heavy (non-hydrogen) atoms. The first-order chi connectivity index (χ1) is 11.9. The quantitative estimate of drug-likeness (QED) is 0.574. The van der Waals surface area contributed by atoms with E-state index in [9.17, 15) is 15.0 Å². The molecule has 0 unspecified atom stereocenters. The average molecular weight is 365 g/mol. The summed E-state index contributed by atoms with van der Waals surface area (Å²) in [6.07, 6.45) is 10.8. The summed E-state index contributed by atoms with van der Waals surface area (Å²) < 4.78 is 5.59. The summed E-state index contributed by atoms with van der Waals surface area (Å²) in [4.78, 5) is 11.6. The van der Waals surface area contributed by atoms with Crippen molar-refractivity contribution in [3.8, 4) is 0 Å². The largest absolute Gasteiger partial charge is 0.455 e. The second-order valence-electron chi connectivity index (χ2n) is 9.48. The van der Waals surface area contributed by atoms with E-state index in [1.165, 1.54) is 6.92 Å². The lowest BCUT2D eigenvalue weighted by atomic mass is 9.68. The molecule has 0 aromatic rings. The zero-order valence-corrected chi connectivity index (χ0v) is 17.2. The smallest absolute Gasteiger partial charge is 0.303 e. The molecule has 0 aromatic heterocycles. The summed E-state index contributed by atoms with van der Waals surface area (Å²) in [6, 6.07) is 0. The molecule has 0 radical (unpaired) electrons. The molecule has 2 aliphatic carbocycles. The molecule has 0 aromatic carbocycles. The van der Waals surface area contributed by atoms with Crippen molar-refractivity contribution in [3.05, 3.63) is 24.3 Å². The Morgan fingerprint density at radius 2 is 1.92 bits per heavy atom. The monoisotopic (exact) mass is 364 g/mol. The molecule has 2 N–H and O–H groups in total. The van der Waals surface area contributed by atoms with Crippen molar-refractivity contribution in [1.29, 1.82) is 0 Å². The van der Waals surface area contributed by atoms with Crippen LogP contribution in [0.4, 0.5) is 0 Å². The Kier molecular flexibility index (Phi) is 6.09. The molecule has 0 amide bonds. The van der Waals surface area contributed by atoms with Crippen LogP contribution >= 0.6 is 0 Å². The van der Waals surface area contributed by atoms with Crippen molar-refractivity contribution in [2.45, 2.75) is 84.5 Å². The van der Waals surface area contributed by atoms with Crippen LogP contribution in [0.25, 0.3) is 0 Å². The number of esters is 1. The molecule has 0 heterocycles. The molecule has 148 valence electrons. The maximum Gasteiger partial charge on any atom is 0.303 e. The van der Waals surface area contributed by atoms with E-state index in [1.807, 2.05) is 32.9 Å². The van der Waals surface area contributed by atoms with E-state index >= 15 is 0 Å². The van der Waals surface area contributed by atoms with E-state index in [1.54, 1.807) is 0 Å². The van der Waals surface area contributed by atoms with Crippen LogP contribution in [0, 0.1) is 23.2 Å². The van der Waals surface area contributed by atoms with Gasteiger partial charge in [-0.15, -0.1) is 0 Å². The van der Waals surface area contributed by atoms with Crippen molar-refractivity contribution in [2.24, 2.45) is 23.2 Å². The Bertz CT molecular complexity index is 573. The maximum absolute atomic E-state index is 11.6. The van der Waals surface area contributed by atoms with Gasteiger partial charge in [0.05, 0.1) is 11.7 Å². The molecular formula is C22H36O4. The van der Waals surface area contributed by atoms with Crippen LogP contribution in [-0.4, -0.2) is 33.5 Å². The Balaban J connectivity index is 2.46. The second kappa shape index (κ2) is 7.47. The number of hydrogen-bond acceptors (Lipinski definition) is 4. The average Bonchev–Trinajstić information content (AvgIpc) is 2.81. The van der Waals surface area contributed by atoms with Gasteiger partial charge in [-0.1, -0.05) is 32.1 Å². The highest BCUT2D eigenvalue weighted by Gasteiger charge is 2.52. The van der Waals surface area contributed by atoms with E-state index in [4.69, 9.17) is 4.74 Å².